The molecule has 0 aromatic heterocycles. The predicted octanol–water partition coefficient (Wildman–Crippen LogP) is 5.20. The first-order valence-corrected chi connectivity index (χ1v) is 5.75. The third-order valence-corrected chi connectivity index (χ3v) is 2.89. The molecule has 2 unspecified atom stereocenters. The molecule has 0 radical (unpaired) electrons. The van der Waals surface area contributed by atoms with Crippen LogP contribution in [-0.2, 0) is 0 Å². The lowest BCUT2D eigenvalue weighted by Gasteiger charge is -2.14. The zero-order valence-electron chi connectivity index (χ0n) is 9.29. The van der Waals surface area contributed by atoms with Crippen molar-refractivity contribution in [3.63, 3.8) is 0 Å². The molecule has 94 valence electrons. The summed E-state index contributed by atoms with van der Waals surface area (Å²) in [5.41, 5.74) is 0.315. The highest BCUT2D eigenvalue weighted by Gasteiger charge is 2.24. The molecule has 0 spiro atoms. The van der Waals surface area contributed by atoms with Crippen molar-refractivity contribution >= 4 is 11.6 Å². The van der Waals surface area contributed by atoms with Gasteiger partial charge in [-0.1, -0.05) is 35.9 Å². The molecule has 0 heterocycles. The first-order chi connectivity index (χ1) is 8.58. The standard InChI is InChI=1S/C14H10ClF3/c15-11-5-1-9(2-6-11)13(17)14(18)10-3-7-12(16)8-4-10/h1-8,13-14H. The van der Waals surface area contributed by atoms with Gasteiger partial charge in [-0.2, -0.15) is 0 Å². The van der Waals surface area contributed by atoms with Crippen LogP contribution in [0, 0.1) is 5.82 Å². The van der Waals surface area contributed by atoms with Crippen molar-refractivity contribution in [1.29, 1.82) is 0 Å². The van der Waals surface area contributed by atoms with Crippen LogP contribution < -0.4 is 0 Å². The molecule has 0 fully saturated rings. The maximum Gasteiger partial charge on any atom is 0.160 e. The largest absolute Gasteiger partial charge is 0.239 e. The zero-order chi connectivity index (χ0) is 13.1. The minimum absolute atomic E-state index is 0.110. The number of hydrogen-bond donors (Lipinski definition) is 0. The Morgan fingerprint density at radius 2 is 1.11 bits per heavy atom. The van der Waals surface area contributed by atoms with Gasteiger partial charge in [0.1, 0.15) is 5.82 Å². The van der Waals surface area contributed by atoms with E-state index >= 15 is 0 Å². The summed E-state index contributed by atoms with van der Waals surface area (Å²) >= 11 is 5.67. The second-order valence-electron chi connectivity index (χ2n) is 3.91. The van der Waals surface area contributed by atoms with Gasteiger partial charge in [0.15, 0.2) is 12.3 Å². The second kappa shape index (κ2) is 5.44. The van der Waals surface area contributed by atoms with Gasteiger partial charge in [0, 0.05) is 5.02 Å². The molecule has 0 bridgehead atoms. The fraction of sp³-hybridized carbons (Fsp3) is 0.143. The smallest absolute Gasteiger partial charge is 0.160 e. The molecule has 0 saturated carbocycles. The van der Waals surface area contributed by atoms with Crippen LogP contribution in [-0.4, -0.2) is 0 Å². The first-order valence-electron chi connectivity index (χ1n) is 5.37. The lowest BCUT2D eigenvalue weighted by atomic mass is 10.0. The normalized spacial score (nSPS) is 14.2. The van der Waals surface area contributed by atoms with Crippen LogP contribution in [0.3, 0.4) is 0 Å². The van der Waals surface area contributed by atoms with Crippen molar-refractivity contribution in [2.75, 3.05) is 0 Å². The van der Waals surface area contributed by atoms with Gasteiger partial charge in [0.2, 0.25) is 0 Å². The van der Waals surface area contributed by atoms with Crippen LogP contribution in [0.1, 0.15) is 23.5 Å². The molecule has 0 N–H and O–H groups in total. The molecule has 2 rings (SSSR count). The number of alkyl halides is 2. The van der Waals surface area contributed by atoms with Gasteiger partial charge in [0.05, 0.1) is 0 Å². The van der Waals surface area contributed by atoms with Crippen molar-refractivity contribution in [2.45, 2.75) is 12.3 Å². The highest BCUT2D eigenvalue weighted by Crippen LogP contribution is 2.35. The number of hydrogen-bond acceptors (Lipinski definition) is 0. The fourth-order valence-corrected chi connectivity index (χ4v) is 1.76. The molecule has 0 nitrogen and oxygen atoms in total. The van der Waals surface area contributed by atoms with E-state index in [0.29, 0.717) is 5.02 Å². The Kier molecular flexibility index (Phi) is 3.92. The van der Waals surface area contributed by atoms with Crippen LogP contribution in [0.15, 0.2) is 48.5 Å². The Hall–Kier alpha value is -1.48. The highest BCUT2D eigenvalue weighted by atomic mass is 35.5. The average Bonchev–Trinajstić information content (AvgIpc) is 2.39. The third-order valence-electron chi connectivity index (χ3n) is 2.63. The van der Waals surface area contributed by atoms with Crippen LogP contribution >= 0.6 is 11.6 Å². The third kappa shape index (κ3) is 2.85. The average molecular weight is 271 g/mol. The molecular formula is C14H10ClF3. The molecule has 0 aliphatic heterocycles. The maximum absolute atomic E-state index is 13.9. The molecule has 0 saturated heterocycles. The van der Waals surface area contributed by atoms with Crippen molar-refractivity contribution in [2.24, 2.45) is 0 Å². The number of benzene rings is 2. The number of rotatable bonds is 3. The topological polar surface area (TPSA) is 0 Å². The van der Waals surface area contributed by atoms with Gasteiger partial charge in [-0.05, 0) is 35.4 Å². The van der Waals surface area contributed by atoms with E-state index in [4.69, 9.17) is 11.6 Å². The summed E-state index contributed by atoms with van der Waals surface area (Å²) in [5, 5.41) is 0.461. The minimum Gasteiger partial charge on any atom is -0.239 e. The van der Waals surface area contributed by atoms with E-state index in [0.717, 1.165) is 12.1 Å². The summed E-state index contributed by atoms with van der Waals surface area (Å²) in [4.78, 5) is 0. The molecule has 0 amide bonds. The molecule has 2 aromatic carbocycles. The monoisotopic (exact) mass is 270 g/mol. The summed E-state index contributed by atoms with van der Waals surface area (Å²) in [6.07, 6.45) is -3.63. The van der Waals surface area contributed by atoms with Gasteiger partial charge in [-0.25, -0.2) is 13.2 Å². The molecule has 18 heavy (non-hydrogen) atoms. The van der Waals surface area contributed by atoms with E-state index in [1.807, 2.05) is 0 Å². The van der Waals surface area contributed by atoms with E-state index in [2.05, 4.69) is 0 Å². The molecule has 2 atom stereocenters. The van der Waals surface area contributed by atoms with E-state index in [1.165, 1.54) is 36.4 Å². The highest BCUT2D eigenvalue weighted by molar-refractivity contribution is 6.30. The van der Waals surface area contributed by atoms with Crippen molar-refractivity contribution in [3.8, 4) is 0 Å². The SMILES string of the molecule is Fc1ccc(C(F)C(F)c2ccc(Cl)cc2)cc1. The van der Waals surface area contributed by atoms with E-state index in [1.54, 1.807) is 0 Å². The number of halogens is 4. The lowest BCUT2D eigenvalue weighted by molar-refractivity contribution is 0.170. The van der Waals surface area contributed by atoms with Gasteiger partial charge in [-0.15, -0.1) is 0 Å². The molecule has 0 aliphatic carbocycles. The maximum atomic E-state index is 13.9. The molecule has 2 aromatic rings. The minimum atomic E-state index is -1.83. The van der Waals surface area contributed by atoms with Crippen molar-refractivity contribution < 1.29 is 13.2 Å². The summed E-state index contributed by atoms with van der Waals surface area (Å²) in [7, 11) is 0. The Bertz CT molecular complexity index is 458. The second-order valence-corrected chi connectivity index (χ2v) is 4.34. The van der Waals surface area contributed by atoms with E-state index in [-0.39, 0.29) is 11.1 Å². The van der Waals surface area contributed by atoms with Crippen molar-refractivity contribution in [1.82, 2.24) is 0 Å². The summed E-state index contributed by atoms with van der Waals surface area (Å²) < 4.78 is 40.5. The summed E-state index contributed by atoms with van der Waals surface area (Å²) in [6, 6.07) is 10.6. The van der Waals surface area contributed by atoms with Gasteiger partial charge in [0.25, 0.3) is 0 Å². The van der Waals surface area contributed by atoms with Gasteiger partial charge in [-0.3, -0.25) is 0 Å². The van der Waals surface area contributed by atoms with Crippen molar-refractivity contribution in [3.05, 3.63) is 70.5 Å². The zero-order valence-corrected chi connectivity index (χ0v) is 10.0. The van der Waals surface area contributed by atoms with Crippen LogP contribution in [0.2, 0.25) is 5.02 Å². The summed E-state index contributed by atoms with van der Waals surface area (Å²) in [5.74, 6) is -0.479. The van der Waals surface area contributed by atoms with E-state index in [9.17, 15) is 13.2 Å². The summed E-state index contributed by atoms with van der Waals surface area (Å²) in [6.45, 7) is 0. The lowest BCUT2D eigenvalue weighted by Crippen LogP contribution is -2.02. The Morgan fingerprint density at radius 3 is 1.56 bits per heavy atom. The van der Waals surface area contributed by atoms with E-state index < -0.39 is 18.2 Å². The Morgan fingerprint density at radius 1 is 0.722 bits per heavy atom. The predicted molar refractivity (Wildman–Crippen MR) is 65.6 cm³/mol. The molecule has 0 aliphatic rings. The van der Waals surface area contributed by atoms with Gasteiger partial charge >= 0.3 is 0 Å². The Balaban J connectivity index is 2.20. The fourth-order valence-electron chi connectivity index (χ4n) is 1.63. The Labute approximate surface area is 108 Å². The van der Waals surface area contributed by atoms with Crippen LogP contribution in [0.4, 0.5) is 13.2 Å². The molecule has 4 heteroatoms. The first kappa shape index (κ1) is 13.0. The quantitative estimate of drug-likeness (QED) is 0.719. The van der Waals surface area contributed by atoms with Gasteiger partial charge < -0.3 is 0 Å². The van der Waals surface area contributed by atoms with Crippen LogP contribution in [0.5, 0.6) is 0 Å². The van der Waals surface area contributed by atoms with Crippen LogP contribution in [0.25, 0.3) is 0 Å². The molecular weight excluding hydrogens is 261 g/mol.